The average molecular weight is 282 g/mol. The minimum Gasteiger partial charge on any atom is -0.257 e. The van der Waals surface area contributed by atoms with Crippen LogP contribution < -0.4 is 0 Å². The third-order valence-electron chi connectivity index (χ3n) is 3.76. The minimum atomic E-state index is 0.933. The second kappa shape index (κ2) is 5.41. The van der Waals surface area contributed by atoms with Crippen LogP contribution in [0.2, 0.25) is 0 Å². The summed E-state index contributed by atoms with van der Waals surface area (Å²) in [5.41, 5.74) is 1.87. The van der Waals surface area contributed by atoms with Crippen LogP contribution in [0.5, 0.6) is 0 Å². The molecule has 0 radical (unpaired) electrons. The van der Waals surface area contributed by atoms with Gasteiger partial charge >= 0.3 is 0 Å². The molecule has 104 valence electrons. The van der Waals surface area contributed by atoms with Gasteiger partial charge in [-0.2, -0.15) is 0 Å². The topological polar surface area (TPSA) is 25.8 Å². The van der Waals surface area contributed by atoms with Crippen LogP contribution in [-0.4, -0.2) is 9.97 Å². The fraction of sp³-hybridized carbons (Fsp3) is 0. The Hall–Kier alpha value is -3.00. The monoisotopic (exact) mass is 282 g/mol. The molecule has 0 aliphatic rings. The highest BCUT2D eigenvalue weighted by Gasteiger charge is 2.01. The van der Waals surface area contributed by atoms with E-state index in [4.69, 9.17) is 0 Å². The third-order valence-corrected chi connectivity index (χ3v) is 3.76. The Morgan fingerprint density at radius 2 is 1.45 bits per heavy atom. The Morgan fingerprint density at radius 3 is 2.36 bits per heavy atom. The molecule has 0 spiro atoms. The Kier molecular flexibility index (Phi) is 3.13. The van der Waals surface area contributed by atoms with E-state index in [2.05, 4.69) is 52.4 Å². The molecule has 0 saturated carbocycles. The summed E-state index contributed by atoms with van der Waals surface area (Å²) < 4.78 is 0. The fourth-order valence-corrected chi connectivity index (χ4v) is 2.65. The van der Waals surface area contributed by atoms with Crippen LogP contribution in [0.15, 0.2) is 73.1 Å². The molecule has 0 aliphatic heterocycles. The zero-order chi connectivity index (χ0) is 14.8. The van der Waals surface area contributed by atoms with E-state index in [1.807, 2.05) is 36.5 Å². The van der Waals surface area contributed by atoms with Gasteiger partial charge < -0.3 is 0 Å². The molecule has 0 atom stereocenters. The van der Waals surface area contributed by atoms with Crippen molar-refractivity contribution in [2.45, 2.75) is 0 Å². The maximum atomic E-state index is 4.51. The highest BCUT2D eigenvalue weighted by atomic mass is 14.7. The number of hydrogen-bond acceptors (Lipinski definition) is 2. The lowest BCUT2D eigenvalue weighted by Gasteiger charge is -2.04. The minimum absolute atomic E-state index is 0.933. The van der Waals surface area contributed by atoms with Crippen molar-refractivity contribution >= 4 is 33.7 Å². The number of benzene rings is 2. The summed E-state index contributed by atoms with van der Waals surface area (Å²) in [7, 11) is 0. The van der Waals surface area contributed by atoms with Gasteiger partial charge in [-0.25, -0.2) is 0 Å². The first kappa shape index (κ1) is 12.7. The Balaban J connectivity index is 1.83. The van der Waals surface area contributed by atoms with Crippen molar-refractivity contribution in [3.05, 3.63) is 84.4 Å². The van der Waals surface area contributed by atoms with Gasteiger partial charge in [0.2, 0.25) is 0 Å². The summed E-state index contributed by atoms with van der Waals surface area (Å²) in [4.78, 5) is 8.81. The molecule has 4 aromatic rings. The maximum absolute atomic E-state index is 4.51. The molecule has 2 heteroatoms. The smallest absolute Gasteiger partial charge is 0.0637 e. The van der Waals surface area contributed by atoms with Crippen molar-refractivity contribution in [2.24, 2.45) is 0 Å². The molecule has 0 unspecified atom stereocenters. The summed E-state index contributed by atoms with van der Waals surface area (Å²) in [6.07, 6.45) is 7.71. The van der Waals surface area contributed by atoms with Gasteiger partial charge in [0.1, 0.15) is 0 Å². The number of aromatic nitrogens is 2. The first-order valence-electron chi connectivity index (χ1n) is 7.27. The number of pyridine rings is 2. The number of hydrogen-bond donors (Lipinski definition) is 0. The van der Waals surface area contributed by atoms with Crippen LogP contribution in [0.4, 0.5) is 0 Å². The third kappa shape index (κ3) is 2.35. The van der Waals surface area contributed by atoms with E-state index in [9.17, 15) is 0 Å². The van der Waals surface area contributed by atoms with Crippen LogP contribution in [-0.2, 0) is 0 Å². The predicted octanol–water partition coefficient (Wildman–Crippen LogP) is 4.95. The van der Waals surface area contributed by atoms with Crippen molar-refractivity contribution in [3.8, 4) is 0 Å². The van der Waals surface area contributed by atoms with Gasteiger partial charge in [0, 0.05) is 17.8 Å². The van der Waals surface area contributed by atoms with Crippen molar-refractivity contribution in [2.75, 3.05) is 0 Å². The standard InChI is InChI=1S/C20H14N2/c1-2-7-19-15(5-1)8-9-16-14-22-18(13-20(16)19)11-10-17-6-3-4-12-21-17/h1-14H/b11-10+. The van der Waals surface area contributed by atoms with E-state index in [0.717, 1.165) is 16.8 Å². The molecule has 0 saturated heterocycles. The molecule has 0 amide bonds. The Labute approximate surface area is 128 Å². The van der Waals surface area contributed by atoms with Gasteiger partial charge in [0.25, 0.3) is 0 Å². The fourth-order valence-electron chi connectivity index (χ4n) is 2.65. The van der Waals surface area contributed by atoms with Crippen LogP contribution in [0.1, 0.15) is 11.4 Å². The number of nitrogens with zero attached hydrogens (tertiary/aromatic N) is 2. The molecular formula is C20H14N2. The van der Waals surface area contributed by atoms with Crippen molar-refractivity contribution < 1.29 is 0 Å². The summed E-state index contributed by atoms with van der Waals surface area (Å²) in [6, 6.07) is 20.7. The maximum Gasteiger partial charge on any atom is 0.0637 e. The molecular weight excluding hydrogens is 268 g/mol. The van der Waals surface area contributed by atoms with E-state index in [-0.39, 0.29) is 0 Å². The van der Waals surface area contributed by atoms with E-state index in [1.54, 1.807) is 6.20 Å². The van der Waals surface area contributed by atoms with Crippen LogP contribution in [0.3, 0.4) is 0 Å². The lowest BCUT2D eigenvalue weighted by molar-refractivity contribution is 1.29. The average Bonchev–Trinajstić information content (AvgIpc) is 2.60. The zero-order valence-corrected chi connectivity index (χ0v) is 12.0. The molecule has 2 nitrogen and oxygen atoms in total. The largest absolute Gasteiger partial charge is 0.257 e. The summed E-state index contributed by atoms with van der Waals surface area (Å²) in [5.74, 6) is 0. The highest BCUT2D eigenvalue weighted by molar-refractivity contribution is 6.07. The van der Waals surface area contributed by atoms with Gasteiger partial charge in [0.05, 0.1) is 11.4 Å². The normalized spacial score (nSPS) is 11.5. The Morgan fingerprint density at radius 1 is 0.636 bits per heavy atom. The van der Waals surface area contributed by atoms with E-state index in [1.165, 1.54) is 16.2 Å². The summed E-state index contributed by atoms with van der Waals surface area (Å²) in [6.45, 7) is 0. The van der Waals surface area contributed by atoms with Crippen molar-refractivity contribution in [1.82, 2.24) is 9.97 Å². The molecule has 2 heterocycles. The highest BCUT2D eigenvalue weighted by Crippen LogP contribution is 2.25. The lowest BCUT2D eigenvalue weighted by atomic mass is 10.0. The van der Waals surface area contributed by atoms with Crippen molar-refractivity contribution in [3.63, 3.8) is 0 Å². The number of fused-ring (bicyclic) bond motifs is 3. The molecule has 0 bridgehead atoms. The molecule has 2 aromatic heterocycles. The van der Waals surface area contributed by atoms with Crippen LogP contribution in [0, 0.1) is 0 Å². The van der Waals surface area contributed by atoms with Gasteiger partial charge in [-0.3, -0.25) is 9.97 Å². The predicted molar refractivity (Wildman–Crippen MR) is 92.4 cm³/mol. The Bertz CT molecular complexity index is 972. The molecule has 4 rings (SSSR count). The first-order chi connectivity index (χ1) is 10.9. The number of rotatable bonds is 2. The van der Waals surface area contributed by atoms with Gasteiger partial charge in [0.15, 0.2) is 0 Å². The first-order valence-corrected chi connectivity index (χ1v) is 7.27. The van der Waals surface area contributed by atoms with Crippen LogP contribution in [0.25, 0.3) is 33.7 Å². The quantitative estimate of drug-likeness (QED) is 0.486. The molecule has 0 aliphatic carbocycles. The van der Waals surface area contributed by atoms with Crippen molar-refractivity contribution in [1.29, 1.82) is 0 Å². The van der Waals surface area contributed by atoms with Gasteiger partial charge in [-0.05, 0) is 46.5 Å². The van der Waals surface area contributed by atoms with Gasteiger partial charge in [-0.1, -0.05) is 42.5 Å². The second-order valence-electron chi connectivity index (χ2n) is 5.20. The molecule has 22 heavy (non-hydrogen) atoms. The SMILES string of the molecule is C(=C\c1cc2c(ccc3ccccc32)cn1)/c1ccccn1. The van der Waals surface area contributed by atoms with E-state index in [0.29, 0.717) is 0 Å². The summed E-state index contributed by atoms with van der Waals surface area (Å²) in [5, 5.41) is 4.90. The second-order valence-corrected chi connectivity index (χ2v) is 5.20. The van der Waals surface area contributed by atoms with Crippen LogP contribution >= 0.6 is 0 Å². The summed E-state index contributed by atoms with van der Waals surface area (Å²) >= 11 is 0. The molecule has 0 fully saturated rings. The molecule has 2 aromatic carbocycles. The molecule has 0 N–H and O–H groups in total. The van der Waals surface area contributed by atoms with E-state index >= 15 is 0 Å². The van der Waals surface area contributed by atoms with E-state index < -0.39 is 0 Å². The zero-order valence-electron chi connectivity index (χ0n) is 12.0. The lowest BCUT2D eigenvalue weighted by Crippen LogP contribution is -1.84. The van der Waals surface area contributed by atoms with Gasteiger partial charge in [-0.15, -0.1) is 0 Å².